The Morgan fingerprint density at radius 1 is 0.654 bits per heavy atom. The number of nitrogens with zero attached hydrogens (tertiary/aromatic N) is 3. The molecule has 52 heavy (non-hydrogen) atoms. The number of rotatable bonds is 5. The van der Waals surface area contributed by atoms with Crippen LogP contribution >= 0.6 is 78.3 Å². The van der Waals surface area contributed by atoms with E-state index in [4.69, 9.17) is 52.1 Å². The Morgan fingerprint density at radius 2 is 1.04 bits per heavy atom. The highest BCUT2D eigenvalue weighted by Crippen LogP contribution is 2.51. The van der Waals surface area contributed by atoms with Crippen molar-refractivity contribution >= 4 is 101 Å². The molecule has 0 spiro atoms. The second-order valence-corrected chi connectivity index (χ2v) is 15.9. The standard InChI is InChI=1S/C17H12BrCl2F3N2O2.C17H14BrCl2F3N2/c18-14-8-13(1-2-15(14)25(26)27)24-4-3-16(9-24,17(21,22)23)10-5-11(19)7-12(20)6-10;18-14-8-13(1-2-15(14)24)25-4-3-16(9-25,17(21,22)23)10-5-11(19)7-12(20)6-10/h1-2,5-8H,3-4,9H2;1-2,5-8H,3-4,9,24H2. The number of hydrogen-bond donors (Lipinski definition) is 1. The molecule has 6 nitrogen and oxygen atoms in total. The van der Waals surface area contributed by atoms with Gasteiger partial charge in [0.2, 0.25) is 0 Å². The van der Waals surface area contributed by atoms with E-state index in [1.54, 1.807) is 28.0 Å². The Kier molecular flexibility index (Phi) is 11.9. The summed E-state index contributed by atoms with van der Waals surface area (Å²) in [5.74, 6) is 0. The third kappa shape index (κ3) is 8.22. The second kappa shape index (κ2) is 15.3. The van der Waals surface area contributed by atoms with E-state index < -0.39 is 28.1 Å². The number of alkyl halides is 6. The molecule has 2 saturated heterocycles. The molecule has 278 valence electrons. The predicted octanol–water partition coefficient (Wildman–Crippen LogP) is 12.4. The molecule has 6 rings (SSSR count). The van der Waals surface area contributed by atoms with E-state index in [2.05, 4.69) is 31.9 Å². The SMILES string of the molecule is Nc1ccc(N2CCC(c3cc(Cl)cc(Cl)c3)(C(F)(F)F)C2)cc1Br.O=[N+]([O-])c1ccc(N2CCC(c3cc(Cl)cc(Cl)c3)(C(F)(F)F)C2)cc1Br. The summed E-state index contributed by atoms with van der Waals surface area (Å²) in [7, 11) is 0. The van der Waals surface area contributed by atoms with Crippen LogP contribution in [0.15, 0.2) is 81.7 Å². The van der Waals surface area contributed by atoms with Gasteiger partial charge in [0.15, 0.2) is 0 Å². The van der Waals surface area contributed by atoms with Crippen molar-refractivity contribution < 1.29 is 31.3 Å². The molecule has 2 aliphatic rings. The molecule has 0 aromatic heterocycles. The molecule has 0 saturated carbocycles. The van der Waals surface area contributed by atoms with Gasteiger partial charge in [0.25, 0.3) is 5.69 Å². The molecule has 4 aromatic carbocycles. The van der Waals surface area contributed by atoms with E-state index in [0.29, 0.717) is 21.5 Å². The van der Waals surface area contributed by atoms with Crippen LogP contribution in [-0.2, 0) is 10.8 Å². The summed E-state index contributed by atoms with van der Waals surface area (Å²) in [6, 6.07) is 17.4. The molecule has 0 aliphatic carbocycles. The molecule has 2 aliphatic heterocycles. The fourth-order valence-electron chi connectivity index (χ4n) is 6.54. The normalized spacial score (nSPS) is 20.5. The van der Waals surface area contributed by atoms with Crippen molar-refractivity contribution in [3.63, 3.8) is 0 Å². The zero-order valence-corrected chi connectivity index (χ0v) is 32.6. The number of nitro benzene ring substituents is 1. The van der Waals surface area contributed by atoms with Crippen LogP contribution in [0.5, 0.6) is 0 Å². The van der Waals surface area contributed by atoms with Crippen molar-refractivity contribution in [3.05, 3.63) is 123 Å². The lowest BCUT2D eigenvalue weighted by Crippen LogP contribution is -2.44. The lowest BCUT2D eigenvalue weighted by Gasteiger charge is -2.33. The lowest BCUT2D eigenvalue weighted by molar-refractivity contribution is -0.385. The zero-order valence-electron chi connectivity index (χ0n) is 26.4. The highest BCUT2D eigenvalue weighted by Gasteiger charge is 2.60. The number of hydrogen-bond acceptors (Lipinski definition) is 5. The fourth-order valence-corrected chi connectivity index (χ4v) is 8.47. The van der Waals surface area contributed by atoms with Crippen molar-refractivity contribution in [2.75, 3.05) is 41.7 Å². The summed E-state index contributed by atoms with van der Waals surface area (Å²) in [5.41, 5.74) is 3.24. The first-order chi connectivity index (χ1) is 24.2. The summed E-state index contributed by atoms with van der Waals surface area (Å²) in [6.07, 6.45) is -9.20. The van der Waals surface area contributed by atoms with Gasteiger partial charge < -0.3 is 15.5 Å². The van der Waals surface area contributed by atoms with Gasteiger partial charge in [0.1, 0.15) is 10.8 Å². The highest BCUT2D eigenvalue weighted by molar-refractivity contribution is 9.11. The topological polar surface area (TPSA) is 75.6 Å². The number of nitro groups is 1. The van der Waals surface area contributed by atoms with Crippen molar-refractivity contribution in [2.24, 2.45) is 0 Å². The Morgan fingerprint density at radius 3 is 1.38 bits per heavy atom. The van der Waals surface area contributed by atoms with Crippen molar-refractivity contribution in [3.8, 4) is 0 Å². The van der Waals surface area contributed by atoms with Gasteiger partial charge in [-0.3, -0.25) is 10.1 Å². The van der Waals surface area contributed by atoms with Gasteiger partial charge in [-0.15, -0.1) is 0 Å². The molecule has 0 amide bonds. The molecule has 2 unspecified atom stereocenters. The van der Waals surface area contributed by atoms with E-state index in [0.717, 1.165) is 0 Å². The van der Waals surface area contributed by atoms with Crippen LogP contribution < -0.4 is 15.5 Å². The van der Waals surface area contributed by atoms with Crippen LogP contribution in [0.1, 0.15) is 24.0 Å². The maximum absolute atomic E-state index is 14.1. The minimum absolute atomic E-state index is 0.0102. The van der Waals surface area contributed by atoms with Gasteiger partial charge >= 0.3 is 12.4 Å². The summed E-state index contributed by atoms with van der Waals surface area (Å²) in [6.45, 7) is -0.144. The van der Waals surface area contributed by atoms with E-state index in [1.165, 1.54) is 54.6 Å². The summed E-state index contributed by atoms with van der Waals surface area (Å²) in [5, 5.41) is 11.6. The number of nitrogen functional groups attached to an aromatic ring is 1. The average molecular weight is 938 g/mol. The first kappa shape index (κ1) is 40.6. The van der Waals surface area contributed by atoms with E-state index in [1.807, 2.05) is 0 Å². The van der Waals surface area contributed by atoms with Crippen LogP contribution in [0.25, 0.3) is 0 Å². The van der Waals surface area contributed by atoms with Crippen LogP contribution in [0, 0.1) is 10.1 Å². The van der Waals surface area contributed by atoms with Gasteiger partial charge in [0, 0.05) is 73.9 Å². The van der Waals surface area contributed by atoms with Crippen molar-refractivity contribution in [1.29, 1.82) is 0 Å². The Balaban J connectivity index is 0.000000202. The van der Waals surface area contributed by atoms with Crippen LogP contribution in [0.2, 0.25) is 20.1 Å². The van der Waals surface area contributed by atoms with Gasteiger partial charge in [-0.05, 0) is 123 Å². The lowest BCUT2D eigenvalue weighted by atomic mass is 9.79. The molecule has 4 aromatic rings. The molecular weight excluding hydrogens is 912 g/mol. The third-order valence-electron chi connectivity index (χ3n) is 9.30. The van der Waals surface area contributed by atoms with Gasteiger partial charge in [-0.25, -0.2) is 0 Å². The first-order valence-electron chi connectivity index (χ1n) is 15.2. The van der Waals surface area contributed by atoms with Crippen molar-refractivity contribution in [2.45, 2.75) is 36.0 Å². The van der Waals surface area contributed by atoms with Crippen molar-refractivity contribution in [1.82, 2.24) is 0 Å². The van der Waals surface area contributed by atoms with Gasteiger partial charge in [-0.2, -0.15) is 26.3 Å². The number of benzene rings is 4. The number of nitrogens with two attached hydrogens (primary N) is 1. The minimum atomic E-state index is -4.52. The molecule has 0 bridgehead atoms. The fraction of sp³-hybridized carbons (Fsp3) is 0.294. The summed E-state index contributed by atoms with van der Waals surface area (Å²) < 4.78 is 85.3. The third-order valence-corrected chi connectivity index (χ3v) is 11.5. The zero-order chi connectivity index (χ0) is 38.4. The Hall–Kier alpha value is -2.62. The molecule has 2 fully saturated rings. The maximum atomic E-state index is 14.1. The largest absolute Gasteiger partial charge is 0.400 e. The Bertz CT molecular complexity index is 1970. The average Bonchev–Trinajstić information content (AvgIpc) is 3.69. The van der Waals surface area contributed by atoms with Crippen LogP contribution in [0.3, 0.4) is 0 Å². The smallest absolute Gasteiger partial charge is 0.398 e. The quantitative estimate of drug-likeness (QED) is 0.0934. The minimum Gasteiger partial charge on any atom is -0.398 e. The van der Waals surface area contributed by atoms with E-state index in [-0.39, 0.29) is 80.4 Å². The van der Waals surface area contributed by atoms with E-state index >= 15 is 0 Å². The van der Waals surface area contributed by atoms with E-state index in [9.17, 15) is 36.5 Å². The van der Waals surface area contributed by atoms with Gasteiger partial charge in [0.05, 0.1) is 9.40 Å². The molecular formula is C34H26Br2Cl4F6N4O2. The van der Waals surface area contributed by atoms with Gasteiger partial charge in [-0.1, -0.05) is 46.4 Å². The summed E-state index contributed by atoms with van der Waals surface area (Å²) >= 11 is 30.2. The molecule has 18 heteroatoms. The highest BCUT2D eigenvalue weighted by atomic mass is 79.9. The Labute approximate surface area is 331 Å². The number of anilines is 3. The second-order valence-electron chi connectivity index (χ2n) is 12.4. The van der Waals surface area contributed by atoms with Crippen LogP contribution in [0.4, 0.5) is 49.1 Å². The monoisotopic (exact) mass is 934 g/mol. The molecule has 2 heterocycles. The molecule has 2 N–H and O–H groups in total. The predicted molar refractivity (Wildman–Crippen MR) is 201 cm³/mol. The summed E-state index contributed by atoms with van der Waals surface area (Å²) in [4.78, 5) is 13.6. The first-order valence-corrected chi connectivity index (χ1v) is 18.3. The number of halogens is 12. The molecule has 0 radical (unpaired) electrons. The maximum Gasteiger partial charge on any atom is 0.400 e. The molecule has 2 atom stereocenters. The van der Waals surface area contributed by atoms with Crippen LogP contribution in [-0.4, -0.2) is 43.5 Å².